The third-order valence-electron chi connectivity index (χ3n) is 4.48. The first-order valence-electron chi connectivity index (χ1n) is 8.38. The Morgan fingerprint density at radius 2 is 1.93 bits per heavy atom. The molecule has 4 rings (SSSR count). The van der Waals surface area contributed by atoms with E-state index in [9.17, 15) is 18.0 Å². The lowest BCUT2D eigenvalue weighted by atomic mass is 10.1. The minimum atomic E-state index is -0.804. The fraction of sp³-hybridized carbons (Fsp3) is 0.211. The fourth-order valence-corrected chi connectivity index (χ4v) is 3.20. The van der Waals surface area contributed by atoms with Crippen LogP contribution in [0, 0.1) is 17.5 Å². The maximum atomic E-state index is 13.9. The van der Waals surface area contributed by atoms with Gasteiger partial charge in [-0.15, -0.1) is 0 Å². The van der Waals surface area contributed by atoms with Crippen LogP contribution in [-0.4, -0.2) is 27.5 Å². The standard InChI is InChI=1S/C19H14F3N3O2/c20-12-4-1-3-11(9-12)19(26)25-8-2-5-16(25)18-23-17(24-27-18)14-7-6-13(21)10-15(14)22/h1,3-4,6-7,9-10,16H,2,5,8H2. The second-order valence-electron chi connectivity index (χ2n) is 6.25. The number of carbonyl (C=O) groups is 1. The van der Waals surface area contributed by atoms with Crippen LogP contribution in [0.25, 0.3) is 11.4 Å². The number of likely N-dealkylation sites (tertiary alicyclic amines) is 1. The van der Waals surface area contributed by atoms with Crippen LogP contribution >= 0.6 is 0 Å². The predicted molar refractivity (Wildman–Crippen MR) is 89.1 cm³/mol. The molecule has 2 aromatic carbocycles. The summed E-state index contributed by atoms with van der Waals surface area (Å²) in [4.78, 5) is 18.4. The Bertz CT molecular complexity index is 1010. The van der Waals surface area contributed by atoms with Crippen LogP contribution in [0.5, 0.6) is 0 Å². The van der Waals surface area contributed by atoms with E-state index in [4.69, 9.17) is 4.52 Å². The van der Waals surface area contributed by atoms with Crippen LogP contribution in [-0.2, 0) is 0 Å². The highest BCUT2D eigenvalue weighted by Crippen LogP contribution is 2.33. The summed E-state index contributed by atoms with van der Waals surface area (Å²) in [6.07, 6.45) is 1.31. The fourth-order valence-electron chi connectivity index (χ4n) is 3.20. The van der Waals surface area contributed by atoms with E-state index in [1.165, 1.54) is 35.2 Å². The molecule has 138 valence electrons. The monoisotopic (exact) mass is 373 g/mol. The summed E-state index contributed by atoms with van der Waals surface area (Å²) in [5.74, 6) is -2.21. The van der Waals surface area contributed by atoms with Crippen LogP contribution in [0.15, 0.2) is 47.0 Å². The van der Waals surface area contributed by atoms with Gasteiger partial charge in [0.25, 0.3) is 5.91 Å². The van der Waals surface area contributed by atoms with E-state index in [2.05, 4.69) is 10.1 Å². The molecular weight excluding hydrogens is 359 g/mol. The van der Waals surface area contributed by atoms with Gasteiger partial charge in [-0.1, -0.05) is 11.2 Å². The highest BCUT2D eigenvalue weighted by molar-refractivity contribution is 5.94. The van der Waals surface area contributed by atoms with Crippen LogP contribution in [0.1, 0.15) is 35.1 Å². The van der Waals surface area contributed by atoms with E-state index >= 15 is 0 Å². The van der Waals surface area contributed by atoms with Gasteiger partial charge in [0.15, 0.2) is 0 Å². The van der Waals surface area contributed by atoms with Crippen molar-refractivity contribution in [3.63, 3.8) is 0 Å². The number of carbonyl (C=O) groups excluding carboxylic acids is 1. The molecular formula is C19H14F3N3O2. The zero-order valence-corrected chi connectivity index (χ0v) is 14.0. The van der Waals surface area contributed by atoms with Crippen molar-refractivity contribution < 1.29 is 22.5 Å². The molecule has 5 nitrogen and oxygen atoms in total. The summed E-state index contributed by atoms with van der Waals surface area (Å²) in [5.41, 5.74) is 0.235. The van der Waals surface area contributed by atoms with Crippen LogP contribution in [0.3, 0.4) is 0 Å². The summed E-state index contributed by atoms with van der Waals surface area (Å²) < 4.78 is 45.7. The average molecular weight is 373 g/mol. The van der Waals surface area contributed by atoms with Gasteiger partial charge in [-0.05, 0) is 43.2 Å². The van der Waals surface area contributed by atoms with Crippen molar-refractivity contribution >= 4 is 5.91 Å². The van der Waals surface area contributed by atoms with E-state index < -0.39 is 23.5 Å². The Morgan fingerprint density at radius 1 is 1.11 bits per heavy atom. The van der Waals surface area contributed by atoms with E-state index in [1.54, 1.807) is 0 Å². The Hall–Kier alpha value is -3.16. The highest BCUT2D eigenvalue weighted by atomic mass is 19.1. The van der Waals surface area contributed by atoms with E-state index in [1.807, 2.05) is 0 Å². The van der Waals surface area contributed by atoms with Crippen molar-refractivity contribution in [1.82, 2.24) is 15.0 Å². The normalized spacial score (nSPS) is 16.7. The van der Waals surface area contributed by atoms with Gasteiger partial charge in [-0.2, -0.15) is 4.98 Å². The maximum Gasteiger partial charge on any atom is 0.254 e. The van der Waals surface area contributed by atoms with Gasteiger partial charge in [0.2, 0.25) is 11.7 Å². The van der Waals surface area contributed by atoms with E-state index in [0.717, 1.165) is 12.1 Å². The quantitative estimate of drug-likeness (QED) is 0.693. The number of nitrogens with zero attached hydrogens (tertiary/aromatic N) is 3. The summed E-state index contributed by atoms with van der Waals surface area (Å²) >= 11 is 0. The van der Waals surface area contributed by atoms with Crippen molar-refractivity contribution in [2.75, 3.05) is 6.54 Å². The van der Waals surface area contributed by atoms with Crippen molar-refractivity contribution in [3.8, 4) is 11.4 Å². The number of rotatable bonds is 3. The Balaban J connectivity index is 1.61. The molecule has 1 unspecified atom stereocenters. The third kappa shape index (κ3) is 3.30. The van der Waals surface area contributed by atoms with Crippen LogP contribution in [0.4, 0.5) is 13.2 Å². The molecule has 8 heteroatoms. The molecule has 1 aromatic heterocycles. The zero-order valence-electron chi connectivity index (χ0n) is 14.0. The minimum Gasteiger partial charge on any atom is -0.337 e. The Kier molecular flexibility index (Phi) is 4.39. The van der Waals surface area contributed by atoms with E-state index in [0.29, 0.717) is 19.4 Å². The van der Waals surface area contributed by atoms with Crippen LogP contribution in [0.2, 0.25) is 0 Å². The molecule has 1 amide bonds. The number of benzene rings is 2. The van der Waals surface area contributed by atoms with E-state index in [-0.39, 0.29) is 28.7 Å². The SMILES string of the molecule is O=C(c1cccc(F)c1)N1CCCC1c1nc(-c2ccc(F)cc2F)no1. The molecule has 1 aliphatic heterocycles. The Morgan fingerprint density at radius 3 is 2.70 bits per heavy atom. The molecule has 0 aliphatic carbocycles. The first-order valence-corrected chi connectivity index (χ1v) is 8.38. The first kappa shape index (κ1) is 17.3. The number of hydrogen-bond acceptors (Lipinski definition) is 4. The van der Waals surface area contributed by atoms with Gasteiger partial charge in [-0.3, -0.25) is 4.79 Å². The van der Waals surface area contributed by atoms with Crippen molar-refractivity contribution in [2.24, 2.45) is 0 Å². The van der Waals surface area contributed by atoms with Crippen LogP contribution < -0.4 is 0 Å². The van der Waals surface area contributed by atoms with Crippen molar-refractivity contribution in [3.05, 3.63) is 71.4 Å². The van der Waals surface area contributed by atoms with Gasteiger partial charge in [-0.25, -0.2) is 13.2 Å². The number of halogens is 3. The highest BCUT2D eigenvalue weighted by Gasteiger charge is 2.35. The number of aromatic nitrogens is 2. The second-order valence-corrected chi connectivity index (χ2v) is 6.25. The number of hydrogen-bond donors (Lipinski definition) is 0. The summed E-state index contributed by atoms with van der Waals surface area (Å²) in [6.45, 7) is 0.461. The molecule has 0 radical (unpaired) electrons. The molecule has 1 atom stereocenters. The molecule has 1 aliphatic rings. The third-order valence-corrected chi connectivity index (χ3v) is 4.48. The van der Waals surface area contributed by atoms with Crippen molar-refractivity contribution in [1.29, 1.82) is 0 Å². The summed E-state index contributed by atoms with van der Waals surface area (Å²) in [7, 11) is 0. The molecule has 0 N–H and O–H groups in total. The van der Waals surface area contributed by atoms with Gasteiger partial charge in [0.05, 0.1) is 5.56 Å². The van der Waals surface area contributed by atoms with Gasteiger partial charge in [0, 0.05) is 18.2 Å². The molecule has 2 heterocycles. The van der Waals surface area contributed by atoms with Gasteiger partial charge in [0.1, 0.15) is 23.5 Å². The van der Waals surface area contributed by atoms with Gasteiger partial charge >= 0.3 is 0 Å². The number of amides is 1. The first-order chi connectivity index (χ1) is 13.0. The molecule has 0 spiro atoms. The second kappa shape index (κ2) is 6.86. The molecule has 0 bridgehead atoms. The average Bonchev–Trinajstić information content (AvgIpc) is 3.30. The molecule has 1 saturated heterocycles. The molecule has 3 aromatic rings. The lowest BCUT2D eigenvalue weighted by molar-refractivity contribution is 0.0709. The largest absolute Gasteiger partial charge is 0.337 e. The topological polar surface area (TPSA) is 59.2 Å². The molecule has 1 fully saturated rings. The summed E-state index contributed by atoms with van der Waals surface area (Å²) in [6, 6.07) is 8.02. The van der Waals surface area contributed by atoms with Crippen molar-refractivity contribution in [2.45, 2.75) is 18.9 Å². The Labute approximate surface area is 152 Å². The minimum absolute atomic E-state index is 0.00686. The van der Waals surface area contributed by atoms with Gasteiger partial charge < -0.3 is 9.42 Å². The predicted octanol–water partition coefficient (Wildman–Crippen LogP) is 4.13. The molecule has 0 saturated carbocycles. The lowest BCUT2D eigenvalue weighted by Gasteiger charge is -2.21. The molecule has 27 heavy (non-hydrogen) atoms. The maximum absolute atomic E-state index is 13.9. The smallest absolute Gasteiger partial charge is 0.254 e. The zero-order chi connectivity index (χ0) is 19.0. The summed E-state index contributed by atoms with van der Waals surface area (Å²) in [5, 5.41) is 3.76. The lowest BCUT2D eigenvalue weighted by Crippen LogP contribution is -2.30.